The van der Waals surface area contributed by atoms with Crippen LogP contribution in [0.3, 0.4) is 0 Å². The van der Waals surface area contributed by atoms with Gasteiger partial charge in [-0.15, -0.1) is 0 Å². The Kier molecular flexibility index (Phi) is 5.38. The van der Waals surface area contributed by atoms with Gasteiger partial charge in [-0.2, -0.15) is 5.26 Å². The Morgan fingerprint density at radius 3 is 2.81 bits per heavy atom. The summed E-state index contributed by atoms with van der Waals surface area (Å²) in [5.74, 6) is 0.949. The van der Waals surface area contributed by atoms with Gasteiger partial charge in [-0.05, 0) is 32.0 Å². The first kappa shape index (κ1) is 12.5. The van der Waals surface area contributed by atoms with E-state index in [0.717, 1.165) is 24.3 Å². The van der Waals surface area contributed by atoms with Crippen molar-refractivity contribution in [1.29, 1.82) is 5.26 Å². The van der Waals surface area contributed by atoms with Crippen molar-refractivity contribution in [3.63, 3.8) is 0 Å². The Labute approximate surface area is 97.3 Å². The molecule has 0 aromatic heterocycles. The molecular weight excluding hydrogens is 200 g/mol. The van der Waals surface area contributed by atoms with Crippen molar-refractivity contribution < 1.29 is 4.74 Å². The quantitative estimate of drug-likeness (QED) is 0.542. The van der Waals surface area contributed by atoms with Gasteiger partial charge < -0.3 is 4.74 Å². The third kappa shape index (κ3) is 4.33. The number of hydrogen-bond acceptors (Lipinski definition) is 3. The van der Waals surface area contributed by atoms with Crippen molar-refractivity contribution in [2.24, 2.45) is 0 Å². The second-order valence-electron chi connectivity index (χ2n) is 3.86. The van der Waals surface area contributed by atoms with Crippen LogP contribution in [0.15, 0.2) is 24.3 Å². The maximum atomic E-state index is 8.48. The molecule has 0 amide bonds. The fourth-order valence-corrected chi connectivity index (χ4v) is 1.43. The third-order valence-corrected chi connectivity index (χ3v) is 2.38. The highest BCUT2D eigenvalue weighted by Crippen LogP contribution is 2.16. The maximum absolute atomic E-state index is 8.48. The van der Waals surface area contributed by atoms with E-state index in [1.54, 1.807) is 0 Å². The van der Waals surface area contributed by atoms with Crippen molar-refractivity contribution >= 4 is 0 Å². The van der Waals surface area contributed by atoms with Crippen LogP contribution >= 0.6 is 0 Å². The molecule has 0 N–H and O–H groups in total. The molecule has 0 aliphatic heterocycles. The number of hydrogen-bond donors (Lipinski definition) is 0. The topological polar surface area (TPSA) is 36.3 Å². The van der Waals surface area contributed by atoms with Crippen LogP contribution in [0.1, 0.15) is 12.0 Å². The molecule has 0 radical (unpaired) electrons. The Hall–Kier alpha value is -1.53. The number of ether oxygens (including phenoxy) is 1. The van der Waals surface area contributed by atoms with Crippen LogP contribution < -0.4 is 4.74 Å². The first-order valence-electron chi connectivity index (χ1n) is 5.48. The Balaban J connectivity index is 2.22. The summed E-state index contributed by atoms with van der Waals surface area (Å²) < 4.78 is 5.66. The van der Waals surface area contributed by atoms with E-state index in [-0.39, 0.29) is 0 Å². The first-order chi connectivity index (χ1) is 7.74. The Morgan fingerprint density at radius 2 is 2.12 bits per heavy atom. The van der Waals surface area contributed by atoms with Crippen molar-refractivity contribution in [2.75, 3.05) is 26.7 Å². The zero-order valence-corrected chi connectivity index (χ0v) is 9.94. The average molecular weight is 218 g/mol. The minimum absolute atomic E-state index is 0.477. The fourth-order valence-electron chi connectivity index (χ4n) is 1.43. The van der Waals surface area contributed by atoms with Crippen molar-refractivity contribution in [1.82, 2.24) is 4.90 Å². The summed E-state index contributed by atoms with van der Waals surface area (Å²) in [6.45, 7) is 4.10. The van der Waals surface area contributed by atoms with E-state index in [9.17, 15) is 0 Å². The van der Waals surface area contributed by atoms with Gasteiger partial charge in [-0.3, -0.25) is 4.90 Å². The van der Waals surface area contributed by atoms with Crippen LogP contribution in [-0.2, 0) is 0 Å². The van der Waals surface area contributed by atoms with Gasteiger partial charge in [0.05, 0.1) is 19.2 Å². The van der Waals surface area contributed by atoms with E-state index >= 15 is 0 Å². The molecule has 0 bridgehead atoms. The molecule has 0 heterocycles. The number of rotatable bonds is 6. The van der Waals surface area contributed by atoms with Gasteiger partial charge >= 0.3 is 0 Å². The lowest BCUT2D eigenvalue weighted by Crippen LogP contribution is -2.21. The zero-order valence-electron chi connectivity index (χ0n) is 9.94. The Bertz CT molecular complexity index is 357. The van der Waals surface area contributed by atoms with Crippen LogP contribution in [0.5, 0.6) is 5.75 Å². The van der Waals surface area contributed by atoms with E-state index in [1.807, 2.05) is 43.1 Å². The number of para-hydroxylation sites is 1. The van der Waals surface area contributed by atoms with Gasteiger partial charge in [0, 0.05) is 6.54 Å². The minimum Gasteiger partial charge on any atom is -0.493 e. The van der Waals surface area contributed by atoms with E-state index < -0.39 is 0 Å². The third-order valence-electron chi connectivity index (χ3n) is 2.38. The molecule has 0 saturated carbocycles. The largest absolute Gasteiger partial charge is 0.493 e. The summed E-state index contributed by atoms with van der Waals surface area (Å²) in [6.07, 6.45) is 0.937. The smallest absolute Gasteiger partial charge is 0.122 e. The lowest BCUT2D eigenvalue weighted by atomic mass is 10.2. The molecule has 16 heavy (non-hydrogen) atoms. The van der Waals surface area contributed by atoms with Crippen molar-refractivity contribution in [3.05, 3.63) is 29.8 Å². The number of nitriles is 1. The lowest BCUT2D eigenvalue weighted by molar-refractivity contribution is 0.273. The van der Waals surface area contributed by atoms with Gasteiger partial charge in [-0.25, -0.2) is 0 Å². The molecule has 1 rings (SSSR count). The van der Waals surface area contributed by atoms with Crippen molar-refractivity contribution in [3.8, 4) is 11.8 Å². The first-order valence-corrected chi connectivity index (χ1v) is 5.48. The molecular formula is C13H18N2O. The monoisotopic (exact) mass is 218 g/mol. The summed E-state index contributed by atoms with van der Waals surface area (Å²) in [5.41, 5.74) is 1.16. The number of benzene rings is 1. The summed E-state index contributed by atoms with van der Waals surface area (Å²) in [4.78, 5) is 1.99. The molecule has 3 heteroatoms. The second-order valence-corrected chi connectivity index (χ2v) is 3.86. The highest BCUT2D eigenvalue weighted by molar-refractivity contribution is 5.31. The van der Waals surface area contributed by atoms with Gasteiger partial charge in [0.1, 0.15) is 5.75 Å². The summed E-state index contributed by atoms with van der Waals surface area (Å²) in [7, 11) is 1.94. The highest BCUT2D eigenvalue weighted by Gasteiger charge is 1.99. The van der Waals surface area contributed by atoms with E-state index in [2.05, 4.69) is 6.07 Å². The van der Waals surface area contributed by atoms with Crippen molar-refractivity contribution in [2.45, 2.75) is 13.3 Å². The minimum atomic E-state index is 0.477. The van der Waals surface area contributed by atoms with Gasteiger partial charge in [0.15, 0.2) is 0 Å². The van der Waals surface area contributed by atoms with Gasteiger partial charge in [0.2, 0.25) is 0 Å². The highest BCUT2D eigenvalue weighted by atomic mass is 16.5. The van der Waals surface area contributed by atoms with Gasteiger partial charge in [-0.1, -0.05) is 18.2 Å². The molecule has 1 aromatic carbocycles. The molecule has 0 saturated heterocycles. The van der Waals surface area contributed by atoms with Crippen LogP contribution in [0.25, 0.3) is 0 Å². The predicted molar refractivity (Wildman–Crippen MR) is 64.4 cm³/mol. The lowest BCUT2D eigenvalue weighted by Gasteiger charge is -2.13. The normalized spacial score (nSPS) is 10.1. The van der Waals surface area contributed by atoms with E-state index in [0.29, 0.717) is 13.2 Å². The molecule has 3 nitrogen and oxygen atoms in total. The summed E-state index contributed by atoms with van der Waals surface area (Å²) in [6, 6.07) is 10.1. The molecule has 0 aliphatic carbocycles. The van der Waals surface area contributed by atoms with E-state index in [4.69, 9.17) is 10.00 Å². The molecule has 1 aromatic rings. The SMILES string of the molecule is Cc1ccccc1OCCCN(C)CC#N. The number of nitrogens with zero attached hydrogens (tertiary/aromatic N) is 2. The molecule has 0 spiro atoms. The van der Waals surface area contributed by atoms with Crippen LogP contribution in [0.2, 0.25) is 0 Å². The van der Waals surface area contributed by atoms with Crippen LogP contribution in [0.4, 0.5) is 0 Å². The standard InChI is InChI=1S/C13H18N2O/c1-12-6-3-4-7-13(12)16-11-5-9-15(2)10-8-14/h3-4,6-7H,5,9-11H2,1-2H3. The van der Waals surface area contributed by atoms with Crippen LogP contribution in [-0.4, -0.2) is 31.6 Å². The van der Waals surface area contributed by atoms with E-state index in [1.165, 1.54) is 0 Å². The molecule has 0 aliphatic rings. The summed E-state index contributed by atoms with van der Waals surface area (Å²) in [5, 5.41) is 8.48. The molecule has 0 atom stereocenters. The molecule has 0 fully saturated rings. The summed E-state index contributed by atoms with van der Waals surface area (Å²) >= 11 is 0. The second kappa shape index (κ2) is 6.86. The molecule has 0 unspecified atom stereocenters. The van der Waals surface area contributed by atoms with Crippen LogP contribution in [0, 0.1) is 18.3 Å². The maximum Gasteiger partial charge on any atom is 0.122 e. The Morgan fingerprint density at radius 1 is 1.38 bits per heavy atom. The fraction of sp³-hybridized carbons (Fsp3) is 0.462. The average Bonchev–Trinajstić information content (AvgIpc) is 2.27. The number of aryl methyl sites for hydroxylation is 1. The zero-order chi connectivity index (χ0) is 11.8. The van der Waals surface area contributed by atoms with Gasteiger partial charge in [0.25, 0.3) is 0 Å². The predicted octanol–water partition coefficient (Wildman–Crippen LogP) is 2.22. The molecule has 86 valence electrons.